The number of likely N-dealkylation sites (tertiary alicyclic amines) is 1. The summed E-state index contributed by atoms with van der Waals surface area (Å²) in [6.07, 6.45) is 6.62. The number of nitrogens with zero attached hydrogens (tertiary/aromatic N) is 3. The quantitative estimate of drug-likeness (QED) is 0.630. The molecule has 2 bridgehead atoms. The van der Waals surface area contributed by atoms with Crippen LogP contribution in [0.5, 0.6) is 5.75 Å². The van der Waals surface area contributed by atoms with Gasteiger partial charge < -0.3 is 20.3 Å². The number of carbonyl (C=O) groups excluding carboxylic acids is 2. The summed E-state index contributed by atoms with van der Waals surface area (Å²) in [6, 6.07) is 9.40. The van der Waals surface area contributed by atoms with Crippen LogP contribution in [0.15, 0.2) is 30.5 Å². The molecule has 8 nitrogen and oxygen atoms in total. The Kier molecular flexibility index (Phi) is 6.31. The van der Waals surface area contributed by atoms with Gasteiger partial charge in [-0.15, -0.1) is 0 Å². The molecular formula is C29H37N5O3. The Morgan fingerprint density at radius 3 is 2.41 bits per heavy atom. The van der Waals surface area contributed by atoms with Crippen LogP contribution in [-0.2, 0) is 6.42 Å². The van der Waals surface area contributed by atoms with E-state index >= 15 is 0 Å². The van der Waals surface area contributed by atoms with Gasteiger partial charge in [0.1, 0.15) is 11.6 Å². The van der Waals surface area contributed by atoms with Gasteiger partial charge in [0.2, 0.25) is 0 Å². The first-order valence-corrected chi connectivity index (χ1v) is 13.7. The lowest BCUT2D eigenvalue weighted by atomic mass is 9.96. The van der Waals surface area contributed by atoms with E-state index in [-0.39, 0.29) is 23.9 Å². The largest absolute Gasteiger partial charge is 0.493 e. The van der Waals surface area contributed by atoms with E-state index in [2.05, 4.69) is 34.3 Å². The molecule has 1 aromatic carbocycles. The van der Waals surface area contributed by atoms with Gasteiger partial charge in [0.15, 0.2) is 0 Å². The Morgan fingerprint density at radius 1 is 1.00 bits per heavy atom. The average Bonchev–Trinajstić information content (AvgIpc) is 3.44. The first-order chi connectivity index (χ1) is 17.9. The van der Waals surface area contributed by atoms with Gasteiger partial charge in [0, 0.05) is 61.0 Å². The molecule has 4 aliphatic heterocycles. The van der Waals surface area contributed by atoms with E-state index in [1.807, 2.05) is 31.2 Å². The molecule has 0 aliphatic carbocycles. The summed E-state index contributed by atoms with van der Waals surface area (Å²) in [4.78, 5) is 35.3. The highest BCUT2D eigenvalue weighted by Gasteiger charge is 2.42. The smallest absolute Gasteiger partial charge is 0.253 e. The molecule has 3 fully saturated rings. The molecule has 2 aromatic rings. The normalized spacial score (nSPS) is 25.0. The number of pyridine rings is 1. The van der Waals surface area contributed by atoms with E-state index in [1.54, 1.807) is 6.20 Å². The van der Waals surface area contributed by atoms with Crippen molar-refractivity contribution in [1.82, 2.24) is 20.5 Å². The number of ether oxygens (including phenoxy) is 1. The van der Waals surface area contributed by atoms with Gasteiger partial charge in [-0.05, 0) is 70.2 Å². The summed E-state index contributed by atoms with van der Waals surface area (Å²) >= 11 is 0. The predicted octanol–water partition coefficient (Wildman–Crippen LogP) is 3.08. The first-order valence-electron chi connectivity index (χ1n) is 13.7. The van der Waals surface area contributed by atoms with Crippen molar-refractivity contribution in [3.63, 3.8) is 0 Å². The minimum absolute atomic E-state index is 0.00915. The number of hydrogen-bond donors (Lipinski definition) is 2. The molecule has 4 aliphatic rings. The Bertz CT molecular complexity index is 1180. The van der Waals surface area contributed by atoms with Crippen LogP contribution in [0.25, 0.3) is 0 Å². The van der Waals surface area contributed by atoms with Crippen molar-refractivity contribution in [1.29, 1.82) is 0 Å². The standard InChI is InChI=1S/C29H37N5O3/c1-17(2)33-15-22(16-33)32-28(35)20-5-9-26(30-14-20)34-23-6-7-24(34)13-21(12-23)31-29(36)25-8-4-19-10-11-37-27(19)18(25)3/h4-5,8-9,14,17,21-24H,6-7,10-13,15-16H2,1-3H3,(H,31,36)(H,32,35). The van der Waals surface area contributed by atoms with Crippen molar-refractivity contribution < 1.29 is 14.3 Å². The minimum Gasteiger partial charge on any atom is -0.493 e. The van der Waals surface area contributed by atoms with Gasteiger partial charge in [0.25, 0.3) is 11.8 Å². The van der Waals surface area contributed by atoms with Crippen molar-refractivity contribution >= 4 is 17.6 Å². The summed E-state index contributed by atoms with van der Waals surface area (Å²) in [6.45, 7) is 8.84. The second kappa shape index (κ2) is 9.63. The minimum atomic E-state index is -0.0518. The molecule has 2 amide bonds. The van der Waals surface area contributed by atoms with E-state index in [0.29, 0.717) is 35.9 Å². The number of nitrogens with one attached hydrogen (secondary N) is 2. The number of carbonyl (C=O) groups is 2. The van der Waals surface area contributed by atoms with Crippen LogP contribution in [0.2, 0.25) is 0 Å². The third-order valence-corrected chi connectivity index (χ3v) is 8.67. The van der Waals surface area contributed by atoms with E-state index in [4.69, 9.17) is 9.72 Å². The van der Waals surface area contributed by atoms with Crippen LogP contribution >= 0.6 is 0 Å². The maximum Gasteiger partial charge on any atom is 0.253 e. The Morgan fingerprint density at radius 2 is 1.73 bits per heavy atom. The second-order valence-electron chi connectivity index (χ2n) is 11.4. The zero-order valence-electron chi connectivity index (χ0n) is 22.0. The number of piperidine rings is 1. The fraction of sp³-hybridized carbons (Fsp3) is 0.552. The topological polar surface area (TPSA) is 86.8 Å². The maximum atomic E-state index is 13.1. The number of anilines is 1. The van der Waals surface area contributed by atoms with E-state index in [0.717, 1.165) is 62.3 Å². The predicted molar refractivity (Wildman–Crippen MR) is 142 cm³/mol. The average molecular weight is 504 g/mol. The lowest BCUT2D eigenvalue weighted by Crippen LogP contribution is -2.61. The maximum absolute atomic E-state index is 13.1. The molecule has 2 N–H and O–H groups in total. The summed E-state index contributed by atoms with van der Waals surface area (Å²) in [7, 11) is 0. The number of hydrogen-bond acceptors (Lipinski definition) is 6. The van der Waals surface area contributed by atoms with Gasteiger partial charge in [-0.3, -0.25) is 14.5 Å². The molecule has 1 aromatic heterocycles. The molecule has 37 heavy (non-hydrogen) atoms. The Labute approximate surface area is 218 Å². The zero-order valence-corrected chi connectivity index (χ0v) is 22.0. The molecule has 0 spiro atoms. The van der Waals surface area contributed by atoms with Gasteiger partial charge in [-0.25, -0.2) is 4.98 Å². The fourth-order valence-electron chi connectivity index (χ4n) is 6.55. The van der Waals surface area contributed by atoms with Crippen LogP contribution in [0.1, 0.15) is 71.4 Å². The van der Waals surface area contributed by atoms with Crippen LogP contribution in [0, 0.1) is 6.92 Å². The number of amides is 2. The zero-order chi connectivity index (χ0) is 25.7. The molecule has 0 saturated carbocycles. The highest BCUT2D eigenvalue weighted by Crippen LogP contribution is 2.39. The molecule has 2 unspecified atom stereocenters. The molecule has 3 saturated heterocycles. The van der Waals surface area contributed by atoms with Gasteiger partial charge in [-0.1, -0.05) is 6.07 Å². The van der Waals surface area contributed by atoms with Crippen molar-refractivity contribution in [3.8, 4) is 5.75 Å². The summed E-state index contributed by atoms with van der Waals surface area (Å²) in [5.74, 6) is 1.75. The highest BCUT2D eigenvalue weighted by molar-refractivity contribution is 5.97. The van der Waals surface area contributed by atoms with Crippen LogP contribution in [0.3, 0.4) is 0 Å². The van der Waals surface area contributed by atoms with Crippen molar-refractivity contribution in [2.75, 3.05) is 24.6 Å². The van der Waals surface area contributed by atoms with Crippen molar-refractivity contribution in [2.24, 2.45) is 0 Å². The highest BCUT2D eigenvalue weighted by atomic mass is 16.5. The van der Waals surface area contributed by atoms with Gasteiger partial charge in [0.05, 0.1) is 18.2 Å². The summed E-state index contributed by atoms with van der Waals surface area (Å²) in [5, 5.41) is 6.42. The number of aromatic nitrogens is 1. The summed E-state index contributed by atoms with van der Waals surface area (Å²) in [5.41, 5.74) is 3.45. The molecular weight excluding hydrogens is 466 g/mol. The Balaban J connectivity index is 1.06. The van der Waals surface area contributed by atoms with Crippen LogP contribution in [0.4, 0.5) is 5.82 Å². The molecule has 6 rings (SSSR count). The second-order valence-corrected chi connectivity index (χ2v) is 11.4. The Hall–Kier alpha value is -3.13. The number of rotatable bonds is 6. The number of fused-ring (bicyclic) bond motifs is 3. The lowest BCUT2D eigenvalue weighted by Gasteiger charge is -2.42. The summed E-state index contributed by atoms with van der Waals surface area (Å²) < 4.78 is 5.76. The van der Waals surface area contributed by atoms with Crippen molar-refractivity contribution in [2.45, 2.75) is 83.1 Å². The third-order valence-electron chi connectivity index (χ3n) is 8.67. The van der Waals surface area contributed by atoms with Crippen LogP contribution < -0.4 is 20.3 Å². The number of benzene rings is 1. The molecule has 2 atom stereocenters. The molecule has 196 valence electrons. The third kappa shape index (κ3) is 4.56. The lowest BCUT2D eigenvalue weighted by molar-refractivity contribution is 0.0713. The molecule has 5 heterocycles. The fourth-order valence-corrected chi connectivity index (χ4v) is 6.55. The van der Waals surface area contributed by atoms with E-state index < -0.39 is 0 Å². The van der Waals surface area contributed by atoms with E-state index in [1.165, 1.54) is 5.56 Å². The molecule has 0 radical (unpaired) electrons. The first kappa shape index (κ1) is 24.2. The van der Waals surface area contributed by atoms with E-state index in [9.17, 15) is 9.59 Å². The molecule has 8 heteroatoms. The monoisotopic (exact) mass is 503 g/mol. The van der Waals surface area contributed by atoms with Gasteiger partial charge in [-0.2, -0.15) is 0 Å². The van der Waals surface area contributed by atoms with Crippen LogP contribution in [-0.4, -0.2) is 71.6 Å². The van der Waals surface area contributed by atoms with Crippen molar-refractivity contribution in [3.05, 3.63) is 52.7 Å². The SMILES string of the molecule is Cc1c(C(=O)NC2CC3CCC(C2)N3c2ccc(C(=O)NC3CN(C(C)C)C3)cn2)ccc2c1OCC2. The van der Waals surface area contributed by atoms with Gasteiger partial charge >= 0.3 is 0 Å².